The van der Waals surface area contributed by atoms with E-state index in [1.807, 2.05) is 0 Å². The van der Waals surface area contributed by atoms with Gasteiger partial charge in [0.2, 0.25) is 11.7 Å². The maximum Gasteiger partial charge on any atom is 0.255 e. The van der Waals surface area contributed by atoms with Crippen molar-refractivity contribution in [3.8, 4) is 17.1 Å². The minimum atomic E-state index is -0.513. The van der Waals surface area contributed by atoms with Crippen molar-refractivity contribution in [3.05, 3.63) is 30.2 Å². The Balaban J connectivity index is 2.06. The van der Waals surface area contributed by atoms with Crippen LogP contribution in [0.2, 0.25) is 0 Å². The van der Waals surface area contributed by atoms with Gasteiger partial charge in [-0.1, -0.05) is 34.4 Å². The summed E-state index contributed by atoms with van der Waals surface area (Å²) in [6.07, 6.45) is 1.96. The van der Waals surface area contributed by atoms with E-state index >= 15 is 0 Å². The second kappa shape index (κ2) is 7.21. The van der Waals surface area contributed by atoms with E-state index < -0.39 is 5.91 Å². The van der Waals surface area contributed by atoms with Gasteiger partial charge in [0.25, 0.3) is 5.91 Å². The van der Waals surface area contributed by atoms with Gasteiger partial charge in [-0.2, -0.15) is 4.98 Å². The zero-order valence-electron chi connectivity index (χ0n) is 11.6. The Labute approximate surface area is 130 Å². The number of amides is 1. The number of nitrogens with two attached hydrogens (primary N) is 1. The summed E-state index contributed by atoms with van der Waals surface area (Å²) in [7, 11) is 0. The third-order valence-corrected chi connectivity index (χ3v) is 3.59. The summed E-state index contributed by atoms with van der Waals surface area (Å²) in [5.41, 5.74) is 5.83. The highest BCUT2D eigenvalue weighted by atomic mass is 79.9. The summed E-state index contributed by atoms with van der Waals surface area (Å²) in [5.74, 6) is 1.14. The molecule has 7 heteroatoms. The summed E-state index contributed by atoms with van der Waals surface area (Å²) in [6.45, 7) is 1.95. The molecule has 0 saturated heterocycles. The van der Waals surface area contributed by atoms with Crippen molar-refractivity contribution in [1.82, 2.24) is 10.1 Å². The van der Waals surface area contributed by atoms with Crippen LogP contribution < -0.4 is 10.5 Å². The Morgan fingerprint density at radius 3 is 2.76 bits per heavy atom. The number of nitrogens with zero attached hydrogens (tertiary/aromatic N) is 2. The lowest BCUT2D eigenvalue weighted by Gasteiger charge is -2.03. The first-order chi connectivity index (χ1) is 10.1. The Hall–Kier alpha value is -1.89. The van der Waals surface area contributed by atoms with Crippen LogP contribution in [0.3, 0.4) is 0 Å². The number of carbonyl (C=O) groups excluding carboxylic acids is 1. The summed E-state index contributed by atoms with van der Waals surface area (Å²) in [5, 5.41) is 3.96. The van der Waals surface area contributed by atoms with Crippen molar-refractivity contribution in [2.45, 2.75) is 24.6 Å². The monoisotopic (exact) mass is 353 g/mol. The fourth-order valence-corrected chi connectivity index (χ4v) is 2.36. The fraction of sp³-hybridized carbons (Fsp3) is 0.357. The maximum atomic E-state index is 10.6. The van der Waals surface area contributed by atoms with Crippen LogP contribution in [0.25, 0.3) is 11.4 Å². The molecule has 0 aliphatic carbocycles. The molecule has 21 heavy (non-hydrogen) atoms. The van der Waals surface area contributed by atoms with Crippen LogP contribution in [-0.2, 0) is 4.79 Å². The Bertz CT molecular complexity index is 598. The number of hydrogen-bond acceptors (Lipinski definition) is 5. The zero-order valence-corrected chi connectivity index (χ0v) is 13.2. The molecule has 0 saturated carbocycles. The second-order valence-corrected chi connectivity index (χ2v) is 5.60. The molecular formula is C14H16BrN3O3. The van der Waals surface area contributed by atoms with Gasteiger partial charge in [-0.15, -0.1) is 0 Å². The van der Waals surface area contributed by atoms with Crippen LogP contribution >= 0.6 is 15.9 Å². The minimum Gasteiger partial charge on any atom is -0.484 e. The summed E-state index contributed by atoms with van der Waals surface area (Å²) >= 11 is 3.52. The molecule has 0 bridgehead atoms. The Morgan fingerprint density at radius 1 is 1.43 bits per heavy atom. The quantitative estimate of drug-likeness (QED) is 0.772. The number of primary amides is 1. The van der Waals surface area contributed by atoms with E-state index in [4.69, 9.17) is 15.0 Å². The first-order valence-electron chi connectivity index (χ1n) is 6.59. The SMILES string of the molecule is CCCC(Br)c1nc(-c2ccc(OCC(N)=O)cc2)no1. The van der Waals surface area contributed by atoms with Gasteiger partial charge in [-0.05, 0) is 30.7 Å². The van der Waals surface area contributed by atoms with Crippen molar-refractivity contribution in [1.29, 1.82) is 0 Å². The van der Waals surface area contributed by atoms with E-state index in [0.29, 0.717) is 17.5 Å². The number of aromatic nitrogens is 2. The zero-order chi connectivity index (χ0) is 15.2. The van der Waals surface area contributed by atoms with Crippen LogP contribution in [0.5, 0.6) is 5.75 Å². The lowest BCUT2D eigenvalue weighted by atomic mass is 10.2. The van der Waals surface area contributed by atoms with Gasteiger partial charge in [0.05, 0.1) is 4.83 Å². The number of alkyl halides is 1. The predicted molar refractivity (Wildman–Crippen MR) is 81.0 cm³/mol. The number of carbonyl (C=O) groups is 1. The van der Waals surface area contributed by atoms with Crippen molar-refractivity contribution < 1.29 is 14.1 Å². The molecule has 6 nitrogen and oxygen atoms in total. The van der Waals surface area contributed by atoms with E-state index in [0.717, 1.165) is 18.4 Å². The van der Waals surface area contributed by atoms with Crippen LogP contribution in [-0.4, -0.2) is 22.7 Å². The Kier molecular flexibility index (Phi) is 5.32. The maximum absolute atomic E-state index is 10.6. The number of ether oxygens (including phenoxy) is 1. The normalized spacial score (nSPS) is 12.1. The topological polar surface area (TPSA) is 91.2 Å². The molecule has 0 aliphatic heterocycles. The molecule has 112 valence electrons. The highest BCUT2D eigenvalue weighted by Gasteiger charge is 2.15. The summed E-state index contributed by atoms with van der Waals surface area (Å²) in [6, 6.07) is 7.06. The highest BCUT2D eigenvalue weighted by molar-refractivity contribution is 9.09. The predicted octanol–water partition coefficient (Wildman–Crippen LogP) is 2.84. The highest BCUT2D eigenvalue weighted by Crippen LogP contribution is 2.28. The van der Waals surface area contributed by atoms with Crippen molar-refractivity contribution in [2.24, 2.45) is 5.73 Å². The van der Waals surface area contributed by atoms with Crippen LogP contribution in [0, 0.1) is 0 Å². The first-order valence-corrected chi connectivity index (χ1v) is 7.51. The standard InChI is InChI=1S/C14H16BrN3O3/c1-2-3-11(15)14-17-13(18-21-14)9-4-6-10(7-5-9)20-8-12(16)19/h4-7,11H,2-3,8H2,1H3,(H2,16,19). The number of hydrogen-bond donors (Lipinski definition) is 1. The summed E-state index contributed by atoms with van der Waals surface area (Å²) < 4.78 is 10.4. The molecule has 1 heterocycles. The van der Waals surface area contributed by atoms with E-state index in [9.17, 15) is 4.79 Å². The molecule has 0 radical (unpaired) electrons. The fourth-order valence-electron chi connectivity index (χ4n) is 1.71. The molecule has 1 amide bonds. The molecule has 1 unspecified atom stereocenters. The molecule has 0 spiro atoms. The third kappa shape index (κ3) is 4.29. The van der Waals surface area contributed by atoms with E-state index in [2.05, 4.69) is 33.0 Å². The number of halogens is 1. The molecule has 2 N–H and O–H groups in total. The van der Waals surface area contributed by atoms with Crippen molar-refractivity contribution in [3.63, 3.8) is 0 Å². The van der Waals surface area contributed by atoms with Gasteiger partial charge < -0.3 is 15.0 Å². The van der Waals surface area contributed by atoms with Gasteiger partial charge in [0.1, 0.15) is 5.75 Å². The molecule has 0 aliphatic rings. The molecule has 0 fully saturated rings. The molecule has 1 atom stereocenters. The molecular weight excluding hydrogens is 338 g/mol. The van der Waals surface area contributed by atoms with Crippen LogP contribution in [0.4, 0.5) is 0 Å². The van der Waals surface area contributed by atoms with Gasteiger partial charge in [-0.25, -0.2) is 0 Å². The molecule has 1 aromatic carbocycles. The van der Waals surface area contributed by atoms with Crippen LogP contribution in [0.1, 0.15) is 30.5 Å². The lowest BCUT2D eigenvalue weighted by Crippen LogP contribution is -2.19. The molecule has 2 rings (SSSR count). The Morgan fingerprint density at radius 2 is 2.14 bits per heavy atom. The average Bonchev–Trinajstić information content (AvgIpc) is 2.96. The van der Waals surface area contributed by atoms with Gasteiger partial charge in [0.15, 0.2) is 6.61 Å². The third-order valence-electron chi connectivity index (χ3n) is 2.75. The van der Waals surface area contributed by atoms with Gasteiger partial charge >= 0.3 is 0 Å². The largest absolute Gasteiger partial charge is 0.484 e. The smallest absolute Gasteiger partial charge is 0.255 e. The van der Waals surface area contributed by atoms with Crippen LogP contribution in [0.15, 0.2) is 28.8 Å². The average molecular weight is 354 g/mol. The van der Waals surface area contributed by atoms with Crippen molar-refractivity contribution in [2.75, 3.05) is 6.61 Å². The number of benzene rings is 1. The van der Waals surface area contributed by atoms with E-state index in [1.165, 1.54) is 0 Å². The second-order valence-electron chi connectivity index (χ2n) is 4.49. The summed E-state index contributed by atoms with van der Waals surface area (Å²) in [4.78, 5) is 15.1. The molecule has 1 aromatic heterocycles. The molecule has 2 aromatic rings. The lowest BCUT2D eigenvalue weighted by molar-refractivity contribution is -0.119. The van der Waals surface area contributed by atoms with E-state index in [-0.39, 0.29) is 11.4 Å². The minimum absolute atomic E-state index is 0.0712. The van der Waals surface area contributed by atoms with Crippen molar-refractivity contribution >= 4 is 21.8 Å². The van der Waals surface area contributed by atoms with Gasteiger partial charge in [-0.3, -0.25) is 4.79 Å². The van der Waals surface area contributed by atoms with Gasteiger partial charge in [0, 0.05) is 5.56 Å². The first kappa shape index (κ1) is 15.5. The number of rotatable bonds is 7. The van der Waals surface area contributed by atoms with E-state index in [1.54, 1.807) is 24.3 Å².